The first-order valence-corrected chi connectivity index (χ1v) is 6.35. The van der Waals surface area contributed by atoms with Gasteiger partial charge in [0.1, 0.15) is 11.5 Å². The molecule has 2 aromatic carbocycles. The number of hydrogen-bond donors (Lipinski definition) is 2. The van der Waals surface area contributed by atoms with Crippen molar-refractivity contribution < 1.29 is 9.84 Å². The molecule has 0 fully saturated rings. The summed E-state index contributed by atoms with van der Waals surface area (Å²) in [4.78, 5) is 0. The Bertz CT molecular complexity index is 540. The summed E-state index contributed by atoms with van der Waals surface area (Å²) in [5, 5.41) is 13.1. The number of hydrogen-bond acceptors (Lipinski definition) is 3. The van der Waals surface area contributed by atoms with Crippen LogP contribution in [0.25, 0.3) is 0 Å². The lowest BCUT2D eigenvalue weighted by Gasteiger charge is -2.15. The standard InChI is InChI=1S/C16H19NO2/c1-12(13-7-5-8-15(10-13)19-2)17-11-14-6-3-4-9-16(14)18/h3-10,12,17-18H,11H2,1-2H3/t12-/m0/s1. The molecule has 0 bridgehead atoms. The molecule has 0 aliphatic heterocycles. The fraction of sp³-hybridized carbons (Fsp3) is 0.250. The zero-order valence-electron chi connectivity index (χ0n) is 11.3. The van der Waals surface area contributed by atoms with E-state index in [1.54, 1.807) is 13.2 Å². The first-order valence-electron chi connectivity index (χ1n) is 6.35. The Balaban J connectivity index is 2.01. The average Bonchev–Trinajstić information content (AvgIpc) is 2.46. The van der Waals surface area contributed by atoms with Crippen molar-refractivity contribution in [3.8, 4) is 11.5 Å². The highest BCUT2D eigenvalue weighted by Crippen LogP contribution is 2.20. The monoisotopic (exact) mass is 257 g/mol. The molecule has 0 radical (unpaired) electrons. The second-order valence-corrected chi connectivity index (χ2v) is 4.51. The lowest BCUT2D eigenvalue weighted by atomic mass is 10.1. The van der Waals surface area contributed by atoms with Crippen LogP contribution < -0.4 is 10.1 Å². The highest BCUT2D eigenvalue weighted by molar-refractivity contribution is 5.33. The van der Waals surface area contributed by atoms with Crippen molar-refractivity contribution in [2.45, 2.75) is 19.5 Å². The van der Waals surface area contributed by atoms with Crippen LogP contribution in [0.2, 0.25) is 0 Å². The number of para-hydroxylation sites is 1. The number of aromatic hydroxyl groups is 1. The molecule has 0 saturated heterocycles. The second kappa shape index (κ2) is 6.25. The van der Waals surface area contributed by atoms with E-state index < -0.39 is 0 Å². The average molecular weight is 257 g/mol. The number of nitrogens with one attached hydrogen (secondary N) is 1. The van der Waals surface area contributed by atoms with E-state index >= 15 is 0 Å². The summed E-state index contributed by atoms with van der Waals surface area (Å²) in [7, 11) is 1.67. The van der Waals surface area contributed by atoms with Gasteiger partial charge in [0, 0.05) is 18.2 Å². The third-order valence-electron chi connectivity index (χ3n) is 3.18. The van der Waals surface area contributed by atoms with Crippen LogP contribution in [0, 0.1) is 0 Å². The number of phenolic OH excluding ortho intramolecular Hbond substituents is 1. The molecule has 3 nitrogen and oxygen atoms in total. The summed E-state index contributed by atoms with van der Waals surface area (Å²) < 4.78 is 5.22. The highest BCUT2D eigenvalue weighted by Gasteiger charge is 2.07. The smallest absolute Gasteiger partial charge is 0.120 e. The molecule has 0 aromatic heterocycles. The Morgan fingerprint density at radius 2 is 1.95 bits per heavy atom. The quantitative estimate of drug-likeness (QED) is 0.864. The molecule has 0 unspecified atom stereocenters. The molecule has 0 aliphatic rings. The highest BCUT2D eigenvalue weighted by atomic mass is 16.5. The van der Waals surface area contributed by atoms with Crippen LogP contribution in [0.1, 0.15) is 24.1 Å². The lowest BCUT2D eigenvalue weighted by molar-refractivity contribution is 0.413. The van der Waals surface area contributed by atoms with Gasteiger partial charge in [-0.3, -0.25) is 0 Å². The molecule has 0 saturated carbocycles. The van der Waals surface area contributed by atoms with E-state index in [9.17, 15) is 5.11 Å². The fourth-order valence-electron chi connectivity index (χ4n) is 1.95. The molecule has 0 heterocycles. The third kappa shape index (κ3) is 3.48. The second-order valence-electron chi connectivity index (χ2n) is 4.51. The van der Waals surface area contributed by atoms with E-state index in [4.69, 9.17) is 4.74 Å². The van der Waals surface area contributed by atoms with Crippen molar-refractivity contribution >= 4 is 0 Å². The van der Waals surface area contributed by atoms with Crippen molar-refractivity contribution in [3.05, 3.63) is 59.7 Å². The van der Waals surface area contributed by atoms with Crippen LogP contribution in [-0.4, -0.2) is 12.2 Å². The van der Waals surface area contributed by atoms with Crippen LogP contribution in [-0.2, 0) is 6.54 Å². The summed E-state index contributed by atoms with van der Waals surface area (Å²) in [6.07, 6.45) is 0. The minimum absolute atomic E-state index is 0.190. The Labute approximate surface area is 113 Å². The molecular formula is C16H19NO2. The molecule has 0 aliphatic carbocycles. The van der Waals surface area contributed by atoms with Crippen LogP contribution in [0.5, 0.6) is 11.5 Å². The molecule has 0 spiro atoms. The molecule has 2 rings (SSSR count). The van der Waals surface area contributed by atoms with Crippen LogP contribution in [0.4, 0.5) is 0 Å². The summed E-state index contributed by atoms with van der Waals surface area (Å²) in [6, 6.07) is 15.5. The largest absolute Gasteiger partial charge is 0.508 e. The predicted molar refractivity (Wildman–Crippen MR) is 76.4 cm³/mol. The maximum Gasteiger partial charge on any atom is 0.120 e. The van der Waals surface area contributed by atoms with Crippen molar-refractivity contribution in [1.82, 2.24) is 5.32 Å². The molecule has 1 atom stereocenters. The maximum atomic E-state index is 9.72. The van der Waals surface area contributed by atoms with E-state index in [0.29, 0.717) is 12.3 Å². The topological polar surface area (TPSA) is 41.5 Å². The molecule has 19 heavy (non-hydrogen) atoms. The van der Waals surface area contributed by atoms with Gasteiger partial charge in [-0.2, -0.15) is 0 Å². The molecule has 3 heteroatoms. The minimum atomic E-state index is 0.190. The van der Waals surface area contributed by atoms with Gasteiger partial charge in [0.05, 0.1) is 7.11 Å². The van der Waals surface area contributed by atoms with Crippen LogP contribution in [0.15, 0.2) is 48.5 Å². The van der Waals surface area contributed by atoms with Gasteiger partial charge in [-0.1, -0.05) is 30.3 Å². The number of rotatable bonds is 5. The molecular weight excluding hydrogens is 238 g/mol. The Morgan fingerprint density at radius 1 is 1.16 bits per heavy atom. The number of ether oxygens (including phenoxy) is 1. The normalized spacial score (nSPS) is 12.1. The van der Waals surface area contributed by atoms with E-state index in [-0.39, 0.29) is 6.04 Å². The van der Waals surface area contributed by atoms with Crippen LogP contribution in [0.3, 0.4) is 0 Å². The SMILES string of the molecule is COc1cccc([C@H](C)NCc2ccccc2O)c1. The Kier molecular flexibility index (Phi) is 4.42. The van der Waals surface area contributed by atoms with Gasteiger partial charge in [0.25, 0.3) is 0 Å². The molecule has 0 amide bonds. The zero-order valence-corrected chi connectivity index (χ0v) is 11.3. The first-order chi connectivity index (χ1) is 9.20. The Morgan fingerprint density at radius 3 is 2.68 bits per heavy atom. The van der Waals surface area contributed by atoms with Gasteiger partial charge in [-0.25, -0.2) is 0 Å². The predicted octanol–water partition coefficient (Wildman–Crippen LogP) is 3.25. The van der Waals surface area contributed by atoms with E-state index in [0.717, 1.165) is 16.9 Å². The van der Waals surface area contributed by atoms with E-state index in [1.807, 2.05) is 36.4 Å². The van der Waals surface area contributed by atoms with Gasteiger partial charge in [0.2, 0.25) is 0 Å². The molecule has 2 aromatic rings. The zero-order chi connectivity index (χ0) is 13.7. The van der Waals surface area contributed by atoms with E-state index in [1.165, 1.54) is 0 Å². The summed E-state index contributed by atoms with van der Waals surface area (Å²) in [5.41, 5.74) is 2.06. The van der Waals surface area contributed by atoms with Gasteiger partial charge in [0.15, 0.2) is 0 Å². The van der Waals surface area contributed by atoms with Crippen LogP contribution >= 0.6 is 0 Å². The summed E-state index contributed by atoms with van der Waals surface area (Å²) in [5.74, 6) is 1.18. The van der Waals surface area contributed by atoms with Gasteiger partial charge in [-0.15, -0.1) is 0 Å². The van der Waals surface area contributed by atoms with Crippen molar-refractivity contribution in [2.75, 3.05) is 7.11 Å². The van der Waals surface area contributed by atoms with E-state index in [2.05, 4.69) is 18.3 Å². The van der Waals surface area contributed by atoms with Gasteiger partial charge < -0.3 is 15.2 Å². The summed E-state index contributed by atoms with van der Waals surface area (Å²) >= 11 is 0. The fourth-order valence-corrected chi connectivity index (χ4v) is 1.95. The third-order valence-corrected chi connectivity index (χ3v) is 3.18. The van der Waals surface area contributed by atoms with Gasteiger partial charge in [-0.05, 0) is 30.7 Å². The number of methoxy groups -OCH3 is 1. The number of phenols is 1. The van der Waals surface area contributed by atoms with Crippen molar-refractivity contribution in [2.24, 2.45) is 0 Å². The number of benzene rings is 2. The van der Waals surface area contributed by atoms with Gasteiger partial charge >= 0.3 is 0 Å². The maximum absolute atomic E-state index is 9.72. The minimum Gasteiger partial charge on any atom is -0.508 e. The molecule has 100 valence electrons. The summed E-state index contributed by atoms with van der Waals surface area (Å²) in [6.45, 7) is 2.72. The lowest BCUT2D eigenvalue weighted by Crippen LogP contribution is -2.18. The van der Waals surface area contributed by atoms with Crippen molar-refractivity contribution in [3.63, 3.8) is 0 Å². The molecule has 2 N–H and O–H groups in total. The Hall–Kier alpha value is -2.00. The van der Waals surface area contributed by atoms with Crippen molar-refractivity contribution in [1.29, 1.82) is 0 Å². The first kappa shape index (κ1) is 13.4.